The van der Waals surface area contributed by atoms with Crippen LogP contribution in [0.1, 0.15) is 17.0 Å². The fraction of sp³-hybridized carbons (Fsp3) is 0.273. The van der Waals surface area contributed by atoms with Gasteiger partial charge in [0.25, 0.3) is 0 Å². The van der Waals surface area contributed by atoms with Crippen molar-refractivity contribution < 1.29 is 4.39 Å². The standard InChI is InChI=1S/C11H11FN2/c1-6-4-9-7(2)13-14-8(3)10(9)5-11(6)12/h4-5H,1-3H3. The van der Waals surface area contributed by atoms with E-state index in [-0.39, 0.29) is 5.82 Å². The lowest BCUT2D eigenvalue weighted by Gasteiger charge is -2.05. The minimum absolute atomic E-state index is 0.187. The Kier molecular flexibility index (Phi) is 1.95. The molecule has 0 saturated carbocycles. The molecular weight excluding hydrogens is 179 g/mol. The summed E-state index contributed by atoms with van der Waals surface area (Å²) in [4.78, 5) is 0. The Hall–Kier alpha value is -1.51. The first-order valence-electron chi connectivity index (χ1n) is 4.49. The molecule has 2 aromatic rings. The van der Waals surface area contributed by atoms with Crippen LogP contribution in [0.15, 0.2) is 12.1 Å². The first-order chi connectivity index (χ1) is 6.59. The number of aromatic nitrogens is 2. The van der Waals surface area contributed by atoms with E-state index in [1.807, 2.05) is 19.9 Å². The monoisotopic (exact) mass is 190 g/mol. The number of hydrogen-bond acceptors (Lipinski definition) is 2. The first-order valence-corrected chi connectivity index (χ1v) is 4.49. The molecule has 0 aliphatic carbocycles. The number of aryl methyl sites for hydroxylation is 3. The average molecular weight is 190 g/mol. The highest BCUT2D eigenvalue weighted by Crippen LogP contribution is 2.22. The quantitative estimate of drug-likeness (QED) is 0.638. The normalized spacial score (nSPS) is 10.9. The molecule has 2 rings (SSSR count). The van der Waals surface area contributed by atoms with E-state index in [0.29, 0.717) is 5.56 Å². The summed E-state index contributed by atoms with van der Waals surface area (Å²) in [5.41, 5.74) is 2.26. The van der Waals surface area contributed by atoms with Gasteiger partial charge in [-0.25, -0.2) is 4.39 Å². The summed E-state index contributed by atoms with van der Waals surface area (Å²) in [7, 11) is 0. The van der Waals surface area contributed by atoms with Crippen molar-refractivity contribution in [3.05, 3.63) is 34.9 Å². The molecule has 72 valence electrons. The molecule has 3 heteroatoms. The van der Waals surface area contributed by atoms with Crippen LogP contribution in [-0.2, 0) is 0 Å². The van der Waals surface area contributed by atoms with Gasteiger partial charge in [-0.2, -0.15) is 10.2 Å². The van der Waals surface area contributed by atoms with Crippen molar-refractivity contribution in [1.29, 1.82) is 0 Å². The van der Waals surface area contributed by atoms with E-state index in [1.165, 1.54) is 6.07 Å². The lowest BCUT2D eigenvalue weighted by molar-refractivity contribution is 0.620. The van der Waals surface area contributed by atoms with Crippen LogP contribution in [0.2, 0.25) is 0 Å². The van der Waals surface area contributed by atoms with Gasteiger partial charge in [-0.15, -0.1) is 0 Å². The van der Waals surface area contributed by atoms with Gasteiger partial charge in [0.1, 0.15) is 5.82 Å². The molecule has 0 aliphatic heterocycles. The number of benzene rings is 1. The smallest absolute Gasteiger partial charge is 0.126 e. The van der Waals surface area contributed by atoms with E-state index in [9.17, 15) is 4.39 Å². The van der Waals surface area contributed by atoms with Crippen LogP contribution in [0.3, 0.4) is 0 Å². The Balaban J connectivity index is 2.94. The SMILES string of the molecule is Cc1cc2c(C)nnc(C)c2cc1F. The number of nitrogens with zero attached hydrogens (tertiary/aromatic N) is 2. The maximum Gasteiger partial charge on any atom is 0.126 e. The lowest BCUT2D eigenvalue weighted by atomic mass is 10.1. The Bertz CT molecular complexity index is 460. The van der Waals surface area contributed by atoms with E-state index < -0.39 is 0 Å². The fourth-order valence-electron chi connectivity index (χ4n) is 1.54. The molecule has 0 amide bonds. The van der Waals surface area contributed by atoms with Gasteiger partial charge in [0.2, 0.25) is 0 Å². The van der Waals surface area contributed by atoms with E-state index in [4.69, 9.17) is 0 Å². The summed E-state index contributed by atoms with van der Waals surface area (Å²) in [6, 6.07) is 3.35. The van der Waals surface area contributed by atoms with Crippen LogP contribution < -0.4 is 0 Å². The molecule has 0 fully saturated rings. The highest BCUT2D eigenvalue weighted by molar-refractivity contribution is 5.86. The molecule has 0 radical (unpaired) electrons. The number of halogens is 1. The Morgan fingerprint density at radius 1 is 0.929 bits per heavy atom. The molecule has 0 atom stereocenters. The van der Waals surface area contributed by atoms with Gasteiger partial charge >= 0.3 is 0 Å². The van der Waals surface area contributed by atoms with Crippen LogP contribution in [0, 0.1) is 26.6 Å². The summed E-state index contributed by atoms with van der Waals surface area (Å²) in [6.07, 6.45) is 0. The fourth-order valence-corrected chi connectivity index (χ4v) is 1.54. The van der Waals surface area contributed by atoms with Crippen LogP contribution in [-0.4, -0.2) is 10.2 Å². The zero-order chi connectivity index (χ0) is 10.3. The molecule has 2 nitrogen and oxygen atoms in total. The van der Waals surface area contributed by atoms with E-state index in [1.54, 1.807) is 6.92 Å². The van der Waals surface area contributed by atoms with E-state index in [2.05, 4.69) is 10.2 Å². The summed E-state index contributed by atoms with van der Waals surface area (Å²) in [6.45, 7) is 5.47. The molecular formula is C11H11FN2. The highest BCUT2D eigenvalue weighted by atomic mass is 19.1. The van der Waals surface area contributed by atoms with Crippen LogP contribution in [0.5, 0.6) is 0 Å². The second kappa shape index (κ2) is 3.01. The van der Waals surface area contributed by atoms with Crippen LogP contribution in [0.4, 0.5) is 4.39 Å². The zero-order valence-electron chi connectivity index (χ0n) is 8.43. The summed E-state index contributed by atoms with van der Waals surface area (Å²) >= 11 is 0. The Labute approximate surface area is 81.8 Å². The van der Waals surface area contributed by atoms with Crippen molar-refractivity contribution in [2.24, 2.45) is 0 Å². The highest BCUT2D eigenvalue weighted by Gasteiger charge is 2.06. The van der Waals surface area contributed by atoms with Crippen molar-refractivity contribution in [3.8, 4) is 0 Å². The van der Waals surface area contributed by atoms with Crippen molar-refractivity contribution >= 4 is 10.8 Å². The topological polar surface area (TPSA) is 25.8 Å². The molecule has 1 aromatic heterocycles. The number of rotatable bonds is 0. The molecule has 0 spiro atoms. The molecule has 0 bridgehead atoms. The molecule has 0 unspecified atom stereocenters. The zero-order valence-corrected chi connectivity index (χ0v) is 8.43. The molecule has 0 N–H and O–H groups in total. The van der Waals surface area contributed by atoms with Crippen molar-refractivity contribution in [1.82, 2.24) is 10.2 Å². The van der Waals surface area contributed by atoms with Crippen LogP contribution in [0.25, 0.3) is 10.8 Å². The van der Waals surface area contributed by atoms with Crippen molar-refractivity contribution in [2.75, 3.05) is 0 Å². The minimum Gasteiger partial charge on any atom is -0.207 e. The van der Waals surface area contributed by atoms with Crippen molar-refractivity contribution in [2.45, 2.75) is 20.8 Å². The maximum absolute atomic E-state index is 13.3. The number of fused-ring (bicyclic) bond motifs is 1. The summed E-state index contributed by atoms with van der Waals surface area (Å²) in [5.74, 6) is -0.187. The predicted molar refractivity (Wildman–Crippen MR) is 53.7 cm³/mol. The maximum atomic E-state index is 13.3. The van der Waals surface area contributed by atoms with Gasteiger partial charge in [0, 0.05) is 10.8 Å². The number of hydrogen-bond donors (Lipinski definition) is 0. The minimum atomic E-state index is -0.187. The summed E-state index contributed by atoms with van der Waals surface area (Å²) in [5, 5.41) is 9.80. The third-order valence-corrected chi connectivity index (χ3v) is 2.43. The second-order valence-electron chi connectivity index (χ2n) is 3.52. The van der Waals surface area contributed by atoms with E-state index >= 15 is 0 Å². The average Bonchev–Trinajstić information content (AvgIpc) is 2.15. The van der Waals surface area contributed by atoms with Gasteiger partial charge in [0.15, 0.2) is 0 Å². The molecule has 1 aromatic carbocycles. The second-order valence-corrected chi connectivity index (χ2v) is 3.52. The van der Waals surface area contributed by atoms with Crippen LogP contribution >= 0.6 is 0 Å². The molecule has 0 saturated heterocycles. The third-order valence-electron chi connectivity index (χ3n) is 2.43. The molecule has 14 heavy (non-hydrogen) atoms. The summed E-state index contributed by atoms with van der Waals surface area (Å²) < 4.78 is 13.3. The van der Waals surface area contributed by atoms with Gasteiger partial charge in [-0.1, -0.05) is 0 Å². The van der Waals surface area contributed by atoms with E-state index in [0.717, 1.165) is 22.2 Å². The van der Waals surface area contributed by atoms with Gasteiger partial charge < -0.3 is 0 Å². The van der Waals surface area contributed by atoms with Gasteiger partial charge in [-0.3, -0.25) is 0 Å². The van der Waals surface area contributed by atoms with Gasteiger partial charge in [0.05, 0.1) is 11.4 Å². The first kappa shape index (κ1) is 9.06. The van der Waals surface area contributed by atoms with Gasteiger partial charge in [-0.05, 0) is 38.5 Å². The predicted octanol–water partition coefficient (Wildman–Crippen LogP) is 2.69. The molecule has 0 aliphatic rings. The van der Waals surface area contributed by atoms with Crippen molar-refractivity contribution in [3.63, 3.8) is 0 Å². The third kappa shape index (κ3) is 1.25. The Morgan fingerprint density at radius 3 is 2.00 bits per heavy atom. The lowest BCUT2D eigenvalue weighted by Crippen LogP contribution is -1.95. The largest absolute Gasteiger partial charge is 0.207 e. The Morgan fingerprint density at radius 2 is 1.43 bits per heavy atom. The molecule has 1 heterocycles.